The fourth-order valence-corrected chi connectivity index (χ4v) is 5.21. The fourth-order valence-electron chi connectivity index (χ4n) is 2.63. The van der Waals surface area contributed by atoms with Crippen LogP contribution in [0.15, 0.2) is 42.6 Å². The molecule has 1 aromatic heterocycles. The van der Waals surface area contributed by atoms with Crippen molar-refractivity contribution in [3.05, 3.63) is 54.0 Å². The van der Waals surface area contributed by atoms with Crippen molar-refractivity contribution in [2.24, 2.45) is 0 Å². The summed E-state index contributed by atoms with van der Waals surface area (Å²) in [5.41, 5.74) is -0.242. The molecular weight excluding hydrogens is 465 g/mol. The summed E-state index contributed by atoms with van der Waals surface area (Å²) in [6.07, 6.45) is 1.65. The first-order valence-electron chi connectivity index (χ1n) is 9.76. The molecule has 32 heavy (non-hydrogen) atoms. The highest BCUT2D eigenvalue weighted by atomic mass is 31.2. The number of benzene rings is 1. The van der Waals surface area contributed by atoms with Gasteiger partial charge >= 0.3 is 15.4 Å². The molecule has 2 rings (SSSR count). The van der Waals surface area contributed by atoms with Gasteiger partial charge in [0.2, 0.25) is 0 Å². The first kappa shape index (κ1) is 26.4. The summed E-state index contributed by atoms with van der Waals surface area (Å²) in [6, 6.07) is 8.73. The van der Waals surface area contributed by atoms with E-state index in [1.54, 1.807) is 12.3 Å². The van der Waals surface area contributed by atoms with Gasteiger partial charge in [-0.05, 0) is 43.7 Å². The number of hydrogen-bond donors (Lipinski definition) is 2. The third kappa shape index (κ3) is 7.64. The molecule has 178 valence electrons. The summed E-state index contributed by atoms with van der Waals surface area (Å²) in [6.45, 7) is 3.40. The largest absolute Gasteiger partial charge is 0.489 e. The molecule has 0 radical (unpaired) electrons. The molecule has 0 fully saturated rings. The van der Waals surface area contributed by atoms with E-state index in [4.69, 9.17) is 18.3 Å². The number of phosphoric acid groups is 1. The van der Waals surface area contributed by atoms with Gasteiger partial charge in [-0.15, -0.1) is 0 Å². The molecule has 0 amide bonds. The summed E-state index contributed by atoms with van der Waals surface area (Å²) >= 11 is 0. The van der Waals surface area contributed by atoms with E-state index in [0.717, 1.165) is 11.9 Å². The quantitative estimate of drug-likeness (QED) is 0.394. The van der Waals surface area contributed by atoms with Crippen molar-refractivity contribution in [3.8, 4) is 5.75 Å². The Balaban J connectivity index is 2.12. The van der Waals surface area contributed by atoms with Crippen molar-refractivity contribution < 1.29 is 41.6 Å². The summed E-state index contributed by atoms with van der Waals surface area (Å²) in [7, 11) is -7.49. The van der Waals surface area contributed by atoms with Gasteiger partial charge in [-0.2, -0.15) is 0 Å². The first-order chi connectivity index (χ1) is 15.1. The van der Waals surface area contributed by atoms with E-state index in [-0.39, 0.29) is 31.1 Å². The lowest BCUT2D eigenvalue weighted by Gasteiger charge is -2.24. The maximum absolute atomic E-state index is 14.6. The molecular formula is C19H27FN2O8P2. The lowest BCUT2D eigenvalue weighted by molar-refractivity contribution is 0.0996. The number of aromatic nitrogens is 1. The van der Waals surface area contributed by atoms with Gasteiger partial charge in [0.05, 0.1) is 19.8 Å². The molecule has 13 heteroatoms. The lowest BCUT2D eigenvalue weighted by Crippen LogP contribution is -2.24. The molecule has 0 aliphatic carbocycles. The van der Waals surface area contributed by atoms with Crippen LogP contribution in [0.5, 0.6) is 5.75 Å². The van der Waals surface area contributed by atoms with Gasteiger partial charge in [0, 0.05) is 13.2 Å². The van der Waals surface area contributed by atoms with E-state index in [0.29, 0.717) is 6.54 Å². The van der Waals surface area contributed by atoms with E-state index in [2.05, 4.69) is 4.98 Å². The molecule has 0 spiro atoms. The topological polar surface area (TPSA) is 128 Å². The second-order valence-electron chi connectivity index (χ2n) is 6.48. The monoisotopic (exact) mass is 492 g/mol. The van der Waals surface area contributed by atoms with E-state index in [9.17, 15) is 23.3 Å². The van der Waals surface area contributed by atoms with Crippen LogP contribution in [0.3, 0.4) is 0 Å². The van der Waals surface area contributed by atoms with Crippen molar-refractivity contribution in [2.45, 2.75) is 19.7 Å². The fraction of sp³-hybridized carbons (Fsp3) is 0.421. The highest BCUT2D eigenvalue weighted by molar-refractivity contribution is 7.54. The Bertz CT molecular complexity index is 950. The van der Waals surface area contributed by atoms with Gasteiger partial charge in [-0.1, -0.05) is 12.1 Å². The third-order valence-corrected chi connectivity index (χ3v) is 6.87. The number of ether oxygens (including phenoxy) is 1. The summed E-state index contributed by atoms with van der Waals surface area (Å²) in [4.78, 5) is 25.4. The average Bonchev–Trinajstić information content (AvgIpc) is 2.73. The molecule has 2 aromatic rings. The molecule has 0 aliphatic heterocycles. The van der Waals surface area contributed by atoms with Gasteiger partial charge in [0.1, 0.15) is 12.4 Å². The molecule has 2 N–H and O–H groups in total. The van der Waals surface area contributed by atoms with Crippen molar-refractivity contribution in [1.82, 2.24) is 4.98 Å². The van der Waals surface area contributed by atoms with Crippen LogP contribution in [0, 0.1) is 5.82 Å². The second-order valence-corrected chi connectivity index (χ2v) is 9.75. The molecule has 1 heterocycles. The number of likely N-dealkylation sites (N-methyl/N-ethyl adjacent to an activating group) is 1. The Morgan fingerprint density at radius 3 is 2.34 bits per heavy atom. The van der Waals surface area contributed by atoms with Crippen molar-refractivity contribution in [3.63, 3.8) is 0 Å². The van der Waals surface area contributed by atoms with Crippen LogP contribution in [0.2, 0.25) is 0 Å². The van der Waals surface area contributed by atoms with Crippen molar-refractivity contribution in [1.29, 1.82) is 0 Å². The van der Waals surface area contributed by atoms with Gasteiger partial charge in [-0.25, -0.2) is 13.9 Å². The minimum absolute atomic E-state index is 0.0841. The Morgan fingerprint density at radius 2 is 1.81 bits per heavy atom. The Labute approximate surface area is 186 Å². The zero-order chi connectivity index (χ0) is 23.8. The molecule has 0 aliphatic rings. The Kier molecular flexibility index (Phi) is 9.79. The SMILES string of the molecule is CCOP(=O)(OCC)OC(c1ccc(OCCN(C)c2ccccn2)c(F)c1)P(=O)(O)O. The maximum atomic E-state index is 14.6. The first-order valence-corrected chi connectivity index (χ1v) is 12.9. The van der Waals surface area contributed by atoms with E-state index < -0.39 is 27.1 Å². The minimum atomic E-state index is -5.02. The van der Waals surface area contributed by atoms with E-state index in [1.165, 1.54) is 26.0 Å². The van der Waals surface area contributed by atoms with Gasteiger partial charge in [-0.3, -0.25) is 18.1 Å². The van der Waals surface area contributed by atoms with Gasteiger partial charge in [0.25, 0.3) is 0 Å². The van der Waals surface area contributed by atoms with Crippen LogP contribution >= 0.6 is 15.4 Å². The van der Waals surface area contributed by atoms with Crippen LogP contribution in [0.1, 0.15) is 25.3 Å². The van der Waals surface area contributed by atoms with E-state index in [1.807, 2.05) is 24.1 Å². The summed E-state index contributed by atoms with van der Waals surface area (Å²) in [5, 5.41) is 0. The number of nitrogens with zero attached hydrogens (tertiary/aromatic N) is 2. The zero-order valence-electron chi connectivity index (χ0n) is 18.0. The molecule has 1 aromatic carbocycles. The highest BCUT2D eigenvalue weighted by Gasteiger charge is 2.40. The standard InChI is InChI=1S/C19H27FN2O8P2/c1-4-28-32(26,29-5-2)30-19(31(23,24)25)15-9-10-17(16(20)14-15)27-13-12-22(3)18-8-6-7-11-21-18/h6-11,14,19H,4-5,12-13H2,1-3H3,(H2,23,24,25). The summed E-state index contributed by atoms with van der Waals surface area (Å²) < 4.78 is 59.5. The number of pyridine rings is 1. The minimum Gasteiger partial charge on any atom is -0.489 e. The van der Waals surface area contributed by atoms with E-state index >= 15 is 0 Å². The van der Waals surface area contributed by atoms with Crippen molar-refractivity contribution in [2.75, 3.05) is 38.3 Å². The maximum Gasteiger partial charge on any atom is 0.475 e. The van der Waals surface area contributed by atoms with Crippen LogP contribution < -0.4 is 9.64 Å². The number of phosphoric ester groups is 1. The molecule has 0 saturated heterocycles. The third-order valence-electron chi connectivity index (χ3n) is 4.07. The van der Waals surface area contributed by atoms with Crippen LogP contribution in [-0.2, 0) is 22.7 Å². The normalized spacial score (nSPS) is 13.1. The summed E-state index contributed by atoms with van der Waals surface area (Å²) in [5.74, 6) is -2.31. The number of rotatable bonds is 13. The number of hydrogen-bond acceptors (Lipinski definition) is 8. The highest BCUT2D eigenvalue weighted by Crippen LogP contribution is 2.62. The zero-order valence-corrected chi connectivity index (χ0v) is 19.7. The molecule has 1 atom stereocenters. The Morgan fingerprint density at radius 1 is 1.12 bits per heavy atom. The predicted molar refractivity (Wildman–Crippen MR) is 116 cm³/mol. The molecule has 0 saturated carbocycles. The van der Waals surface area contributed by atoms with Crippen molar-refractivity contribution >= 4 is 21.2 Å². The van der Waals surface area contributed by atoms with Crippen LogP contribution in [0.4, 0.5) is 10.2 Å². The van der Waals surface area contributed by atoms with Gasteiger partial charge in [0.15, 0.2) is 17.4 Å². The van der Waals surface area contributed by atoms with Gasteiger partial charge < -0.3 is 19.4 Å². The lowest BCUT2D eigenvalue weighted by atomic mass is 10.2. The molecule has 10 nitrogen and oxygen atoms in total. The van der Waals surface area contributed by atoms with Crippen LogP contribution in [-0.4, -0.2) is 48.2 Å². The number of halogens is 1. The Hall–Kier alpha value is -1.84. The molecule has 0 bridgehead atoms. The van der Waals surface area contributed by atoms with Crippen LogP contribution in [0.25, 0.3) is 0 Å². The average molecular weight is 492 g/mol. The second kappa shape index (κ2) is 11.9. The molecule has 1 unspecified atom stereocenters. The number of anilines is 1. The predicted octanol–water partition coefficient (Wildman–Crippen LogP) is 4.11. The smallest absolute Gasteiger partial charge is 0.475 e.